The zero-order valence-corrected chi connectivity index (χ0v) is 15.6. The number of benzene rings is 3. The van der Waals surface area contributed by atoms with Crippen molar-refractivity contribution in [3.63, 3.8) is 0 Å². The van der Waals surface area contributed by atoms with Crippen molar-refractivity contribution in [2.24, 2.45) is 0 Å². The van der Waals surface area contributed by atoms with Crippen LogP contribution < -0.4 is 10.0 Å². The van der Waals surface area contributed by atoms with Crippen molar-refractivity contribution >= 4 is 27.3 Å². The Hall–Kier alpha value is -3.33. The number of amides is 1. The van der Waals surface area contributed by atoms with E-state index in [9.17, 15) is 26.4 Å². The maximum Gasteiger partial charge on any atom is 0.416 e. The topological polar surface area (TPSA) is 75.3 Å². The third-order valence-corrected chi connectivity index (χ3v) is 5.30. The largest absolute Gasteiger partial charge is 0.416 e. The van der Waals surface area contributed by atoms with Crippen molar-refractivity contribution < 1.29 is 26.4 Å². The molecule has 0 aliphatic heterocycles. The third-order valence-electron chi connectivity index (χ3n) is 3.90. The molecule has 0 fully saturated rings. The van der Waals surface area contributed by atoms with Gasteiger partial charge in [-0.3, -0.25) is 9.52 Å². The van der Waals surface area contributed by atoms with Crippen LogP contribution in [0.15, 0.2) is 83.8 Å². The highest BCUT2D eigenvalue weighted by Crippen LogP contribution is 2.30. The smallest absolute Gasteiger partial charge is 0.322 e. The molecule has 1 amide bonds. The Morgan fingerprint density at radius 3 is 2.07 bits per heavy atom. The number of sulfonamides is 1. The standard InChI is InChI=1S/C20H15F3N2O3S/c21-20(22,23)15-5-4-6-17(13-15)24-19(26)14-9-11-16(12-10-14)25-29(27,28)18-7-2-1-3-8-18/h1-13,25H,(H,24,26). The number of hydrogen-bond acceptors (Lipinski definition) is 3. The Morgan fingerprint density at radius 2 is 1.45 bits per heavy atom. The van der Waals surface area contributed by atoms with E-state index in [1.54, 1.807) is 18.2 Å². The lowest BCUT2D eigenvalue weighted by atomic mass is 10.1. The fraction of sp³-hybridized carbons (Fsp3) is 0.0500. The van der Waals surface area contributed by atoms with Gasteiger partial charge < -0.3 is 5.32 Å². The molecule has 0 heterocycles. The first-order chi connectivity index (χ1) is 13.6. The van der Waals surface area contributed by atoms with E-state index in [4.69, 9.17) is 0 Å². The number of carbonyl (C=O) groups excluding carboxylic acids is 1. The van der Waals surface area contributed by atoms with Gasteiger partial charge in [-0.25, -0.2) is 8.42 Å². The summed E-state index contributed by atoms with van der Waals surface area (Å²) in [4.78, 5) is 12.4. The van der Waals surface area contributed by atoms with Crippen LogP contribution in [0.25, 0.3) is 0 Å². The quantitative estimate of drug-likeness (QED) is 0.625. The summed E-state index contributed by atoms with van der Waals surface area (Å²) in [5.74, 6) is -0.623. The molecular weight excluding hydrogens is 405 g/mol. The predicted molar refractivity (Wildman–Crippen MR) is 103 cm³/mol. The number of halogens is 3. The molecule has 3 aromatic carbocycles. The lowest BCUT2D eigenvalue weighted by Gasteiger charge is -2.11. The van der Waals surface area contributed by atoms with E-state index in [2.05, 4.69) is 10.0 Å². The van der Waals surface area contributed by atoms with E-state index < -0.39 is 27.7 Å². The number of rotatable bonds is 5. The predicted octanol–water partition coefficient (Wildman–Crippen LogP) is 4.76. The zero-order valence-electron chi connectivity index (χ0n) is 14.8. The van der Waals surface area contributed by atoms with Crippen LogP contribution in [0.3, 0.4) is 0 Å². The second-order valence-electron chi connectivity index (χ2n) is 6.03. The van der Waals surface area contributed by atoms with Crippen LogP contribution in [-0.4, -0.2) is 14.3 Å². The van der Waals surface area contributed by atoms with Crippen molar-refractivity contribution in [3.8, 4) is 0 Å². The van der Waals surface area contributed by atoms with Crippen LogP contribution >= 0.6 is 0 Å². The summed E-state index contributed by atoms with van der Waals surface area (Å²) in [5, 5.41) is 2.39. The van der Waals surface area contributed by atoms with Gasteiger partial charge >= 0.3 is 6.18 Å². The first-order valence-electron chi connectivity index (χ1n) is 8.32. The number of carbonyl (C=O) groups is 1. The van der Waals surface area contributed by atoms with Crippen molar-refractivity contribution in [1.29, 1.82) is 0 Å². The van der Waals surface area contributed by atoms with Crippen molar-refractivity contribution in [1.82, 2.24) is 0 Å². The molecule has 0 saturated carbocycles. The zero-order chi connectivity index (χ0) is 21.1. The highest BCUT2D eigenvalue weighted by Gasteiger charge is 2.30. The Morgan fingerprint density at radius 1 is 0.793 bits per heavy atom. The van der Waals surface area contributed by atoms with Crippen LogP contribution in [0.4, 0.5) is 24.5 Å². The minimum absolute atomic E-state index is 0.00122. The number of anilines is 2. The van der Waals surface area contributed by atoms with E-state index in [1.807, 2.05) is 0 Å². The Bertz CT molecular complexity index is 1110. The molecule has 0 atom stereocenters. The maximum absolute atomic E-state index is 12.8. The van der Waals surface area contributed by atoms with Gasteiger partial charge in [0.15, 0.2) is 0 Å². The summed E-state index contributed by atoms with van der Waals surface area (Å²) in [7, 11) is -3.77. The monoisotopic (exact) mass is 420 g/mol. The molecule has 0 aliphatic carbocycles. The van der Waals surface area contributed by atoms with Gasteiger partial charge in [-0.05, 0) is 54.6 Å². The summed E-state index contributed by atoms with van der Waals surface area (Å²) < 4.78 is 65.3. The van der Waals surface area contributed by atoms with Crippen molar-refractivity contribution in [2.75, 3.05) is 10.0 Å². The molecule has 0 unspecified atom stereocenters. The van der Waals surface area contributed by atoms with Gasteiger partial charge in [0.05, 0.1) is 10.5 Å². The Balaban J connectivity index is 1.71. The molecule has 0 spiro atoms. The molecule has 0 aromatic heterocycles. The van der Waals surface area contributed by atoms with Gasteiger partial charge in [0.25, 0.3) is 15.9 Å². The summed E-state index contributed by atoms with van der Waals surface area (Å²) in [6.45, 7) is 0. The van der Waals surface area contributed by atoms with E-state index in [1.165, 1.54) is 48.5 Å². The average molecular weight is 420 g/mol. The molecule has 150 valence electrons. The molecule has 29 heavy (non-hydrogen) atoms. The summed E-state index contributed by atoms with van der Waals surface area (Å²) in [6.07, 6.45) is -4.52. The van der Waals surface area contributed by atoms with Gasteiger partial charge in [0.1, 0.15) is 0 Å². The first kappa shape index (κ1) is 20.4. The van der Waals surface area contributed by atoms with Gasteiger partial charge in [0.2, 0.25) is 0 Å². The summed E-state index contributed by atoms with van der Waals surface area (Å²) in [5.41, 5.74) is -0.478. The molecule has 0 aliphatic rings. The number of hydrogen-bond donors (Lipinski definition) is 2. The molecule has 0 bridgehead atoms. The highest BCUT2D eigenvalue weighted by atomic mass is 32.2. The lowest BCUT2D eigenvalue weighted by Crippen LogP contribution is -2.14. The first-order valence-corrected chi connectivity index (χ1v) is 9.80. The van der Waals surface area contributed by atoms with Crippen molar-refractivity contribution in [2.45, 2.75) is 11.1 Å². The van der Waals surface area contributed by atoms with Crippen molar-refractivity contribution in [3.05, 3.63) is 90.0 Å². The molecule has 3 aromatic rings. The second-order valence-corrected chi connectivity index (χ2v) is 7.71. The van der Waals surface area contributed by atoms with E-state index in [-0.39, 0.29) is 21.8 Å². The average Bonchev–Trinajstić information content (AvgIpc) is 2.68. The molecule has 2 N–H and O–H groups in total. The van der Waals surface area contributed by atoms with E-state index >= 15 is 0 Å². The molecule has 5 nitrogen and oxygen atoms in total. The van der Waals surface area contributed by atoms with Gasteiger partial charge in [0, 0.05) is 16.9 Å². The third kappa shape index (κ3) is 5.14. The Labute approximate surface area is 165 Å². The SMILES string of the molecule is O=C(Nc1cccc(C(F)(F)F)c1)c1ccc(NS(=O)(=O)c2ccccc2)cc1. The highest BCUT2D eigenvalue weighted by molar-refractivity contribution is 7.92. The van der Waals surface area contributed by atoms with Crippen LogP contribution in [0.1, 0.15) is 15.9 Å². The summed E-state index contributed by atoms with van der Waals surface area (Å²) in [6, 6.07) is 17.6. The molecular formula is C20H15F3N2O3S. The molecule has 0 radical (unpaired) electrons. The van der Waals surface area contributed by atoms with Crippen LogP contribution in [0.5, 0.6) is 0 Å². The van der Waals surface area contributed by atoms with E-state index in [0.29, 0.717) is 0 Å². The van der Waals surface area contributed by atoms with Gasteiger partial charge in [-0.2, -0.15) is 13.2 Å². The van der Waals surface area contributed by atoms with Crippen LogP contribution in [0.2, 0.25) is 0 Å². The van der Waals surface area contributed by atoms with Gasteiger partial charge in [-0.15, -0.1) is 0 Å². The fourth-order valence-electron chi connectivity index (χ4n) is 2.48. The Kier molecular flexibility index (Phi) is 5.60. The maximum atomic E-state index is 12.8. The van der Waals surface area contributed by atoms with Gasteiger partial charge in [-0.1, -0.05) is 24.3 Å². The number of nitrogens with one attached hydrogen (secondary N) is 2. The van der Waals surface area contributed by atoms with E-state index in [0.717, 1.165) is 12.1 Å². The normalized spacial score (nSPS) is 11.7. The lowest BCUT2D eigenvalue weighted by molar-refractivity contribution is -0.137. The minimum Gasteiger partial charge on any atom is -0.322 e. The fourth-order valence-corrected chi connectivity index (χ4v) is 3.56. The molecule has 9 heteroatoms. The molecule has 3 rings (SSSR count). The van der Waals surface area contributed by atoms with Crippen LogP contribution in [0, 0.1) is 0 Å². The summed E-state index contributed by atoms with van der Waals surface area (Å²) >= 11 is 0. The second kappa shape index (κ2) is 7.96. The minimum atomic E-state index is -4.52. The number of alkyl halides is 3. The van der Waals surface area contributed by atoms with Crippen LogP contribution in [-0.2, 0) is 16.2 Å². The molecule has 0 saturated heterocycles.